The summed E-state index contributed by atoms with van der Waals surface area (Å²) >= 11 is 0. The number of benzene rings is 2. The van der Waals surface area contributed by atoms with Gasteiger partial charge in [0.1, 0.15) is 0 Å². The fraction of sp³-hybridized carbons (Fsp3) is 0.429. The molecule has 2 heterocycles. The largest absolute Gasteiger partial charge is 0.378 e. The Morgan fingerprint density at radius 2 is 1.56 bits per heavy atom. The van der Waals surface area contributed by atoms with E-state index in [1.54, 1.807) is 12.1 Å². The highest BCUT2D eigenvalue weighted by atomic mass is 16.5. The summed E-state index contributed by atoms with van der Waals surface area (Å²) in [7, 11) is 0. The molecule has 3 aromatic rings. The number of anilines is 4. The molecule has 0 spiro atoms. The quantitative estimate of drug-likeness (QED) is 0.203. The van der Waals surface area contributed by atoms with Crippen LogP contribution in [0.25, 0.3) is 0 Å². The van der Waals surface area contributed by atoms with Gasteiger partial charge in [0.05, 0.1) is 26.4 Å². The standard InChI is InChI=1S/C28H38N8O3/c29-13-18-38-20-21-39-19-15-30-25(37)23-8-10-24(11-9-23)32-27-33-26(31-14-12-22-6-2-1-3-7-22)34-28(35-27)36-16-4-5-17-36/h1-3,6-11H,4-5,12-21,29H2,(H,30,37)(H2,31,32,33,34,35). The number of ether oxygens (including phenoxy) is 2. The van der Waals surface area contributed by atoms with Gasteiger partial charge in [-0.05, 0) is 49.1 Å². The Bertz CT molecular complexity index is 1140. The van der Waals surface area contributed by atoms with Crippen molar-refractivity contribution < 1.29 is 14.3 Å². The second-order valence-corrected chi connectivity index (χ2v) is 9.11. The summed E-state index contributed by atoms with van der Waals surface area (Å²) in [6.45, 7) is 5.38. The highest BCUT2D eigenvalue weighted by Crippen LogP contribution is 2.21. The van der Waals surface area contributed by atoms with Crippen LogP contribution in [0.5, 0.6) is 0 Å². The molecule has 2 aromatic carbocycles. The van der Waals surface area contributed by atoms with Crippen LogP contribution in [0.1, 0.15) is 28.8 Å². The van der Waals surface area contributed by atoms with Gasteiger partial charge in [0.2, 0.25) is 17.8 Å². The minimum atomic E-state index is -0.161. The second-order valence-electron chi connectivity index (χ2n) is 9.11. The molecule has 1 amide bonds. The van der Waals surface area contributed by atoms with Crippen molar-refractivity contribution in [2.75, 3.05) is 74.7 Å². The minimum Gasteiger partial charge on any atom is -0.378 e. The van der Waals surface area contributed by atoms with Crippen LogP contribution in [0, 0.1) is 0 Å². The monoisotopic (exact) mass is 534 g/mol. The third-order valence-corrected chi connectivity index (χ3v) is 6.12. The summed E-state index contributed by atoms with van der Waals surface area (Å²) in [5, 5.41) is 9.46. The Kier molecular flexibility index (Phi) is 11.3. The smallest absolute Gasteiger partial charge is 0.251 e. The van der Waals surface area contributed by atoms with E-state index >= 15 is 0 Å². The van der Waals surface area contributed by atoms with Crippen LogP contribution >= 0.6 is 0 Å². The Balaban J connectivity index is 1.30. The molecule has 5 N–H and O–H groups in total. The number of hydrogen-bond donors (Lipinski definition) is 4. The van der Waals surface area contributed by atoms with E-state index in [4.69, 9.17) is 15.2 Å². The van der Waals surface area contributed by atoms with Crippen LogP contribution in [0.2, 0.25) is 0 Å². The number of nitrogens with two attached hydrogens (primary N) is 1. The van der Waals surface area contributed by atoms with Crippen molar-refractivity contribution in [1.29, 1.82) is 0 Å². The van der Waals surface area contributed by atoms with Crippen molar-refractivity contribution >= 4 is 29.4 Å². The summed E-state index contributed by atoms with van der Waals surface area (Å²) in [4.78, 5) is 28.5. The van der Waals surface area contributed by atoms with Crippen molar-refractivity contribution in [1.82, 2.24) is 20.3 Å². The van der Waals surface area contributed by atoms with Crippen LogP contribution < -0.4 is 26.6 Å². The molecule has 0 atom stereocenters. The summed E-state index contributed by atoms with van der Waals surface area (Å²) in [6.07, 6.45) is 3.13. The van der Waals surface area contributed by atoms with Crippen molar-refractivity contribution in [3.8, 4) is 0 Å². The van der Waals surface area contributed by atoms with Crippen molar-refractivity contribution in [3.63, 3.8) is 0 Å². The van der Waals surface area contributed by atoms with E-state index in [1.165, 1.54) is 5.56 Å². The molecule has 4 rings (SSSR count). The van der Waals surface area contributed by atoms with Gasteiger partial charge in [0.25, 0.3) is 5.91 Å². The lowest BCUT2D eigenvalue weighted by atomic mass is 10.1. The first-order valence-corrected chi connectivity index (χ1v) is 13.5. The van der Waals surface area contributed by atoms with E-state index in [2.05, 4.69) is 47.9 Å². The highest BCUT2D eigenvalue weighted by molar-refractivity contribution is 5.94. The van der Waals surface area contributed by atoms with Gasteiger partial charge >= 0.3 is 0 Å². The van der Waals surface area contributed by atoms with E-state index in [-0.39, 0.29) is 5.91 Å². The molecule has 0 radical (unpaired) electrons. The number of rotatable bonds is 16. The lowest BCUT2D eigenvalue weighted by molar-refractivity contribution is 0.0511. The molecule has 208 valence electrons. The van der Waals surface area contributed by atoms with Gasteiger partial charge in [-0.15, -0.1) is 0 Å². The van der Waals surface area contributed by atoms with Gasteiger partial charge in [-0.3, -0.25) is 4.79 Å². The lowest BCUT2D eigenvalue weighted by Crippen LogP contribution is -2.27. The van der Waals surface area contributed by atoms with Crippen molar-refractivity contribution in [3.05, 3.63) is 65.7 Å². The minimum absolute atomic E-state index is 0.161. The number of carbonyl (C=O) groups excluding carboxylic acids is 1. The SMILES string of the molecule is NCCOCCOCCNC(=O)c1ccc(Nc2nc(NCCc3ccccc3)nc(N3CCCC3)n2)cc1. The zero-order valence-corrected chi connectivity index (χ0v) is 22.3. The molecule has 39 heavy (non-hydrogen) atoms. The Morgan fingerprint density at radius 1 is 0.846 bits per heavy atom. The van der Waals surface area contributed by atoms with E-state index in [0.29, 0.717) is 69.5 Å². The summed E-state index contributed by atoms with van der Waals surface area (Å²) in [5.41, 5.74) is 7.95. The number of aromatic nitrogens is 3. The van der Waals surface area contributed by atoms with Crippen LogP contribution in [-0.2, 0) is 15.9 Å². The number of nitrogens with one attached hydrogen (secondary N) is 3. The fourth-order valence-corrected chi connectivity index (χ4v) is 4.10. The van der Waals surface area contributed by atoms with Gasteiger partial charge in [-0.2, -0.15) is 15.0 Å². The number of carbonyl (C=O) groups is 1. The maximum atomic E-state index is 12.5. The summed E-state index contributed by atoms with van der Waals surface area (Å²) < 4.78 is 10.7. The Morgan fingerprint density at radius 3 is 2.31 bits per heavy atom. The fourth-order valence-electron chi connectivity index (χ4n) is 4.10. The molecule has 0 aliphatic carbocycles. The number of nitrogens with zero attached hydrogens (tertiary/aromatic N) is 4. The molecule has 1 fully saturated rings. The van der Waals surface area contributed by atoms with E-state index in [1.807, 2.05) is 30.3 Å². The molecule has 1 aromatic heterocycles. The maximum absolute atomic E-state index is 12.5. The molecule has 0 unspecified atom stereocenters. The van der Waals surface area contributed by atoms with Crippen LogP contribution in [0.4, 0.5) is 23.5 Å². The van der Waals surface area contributed by atoms with E-state index < -0.39 is 0 Å². The Labute approximate surface area is 229 Å². The second kappa shape index (κ2) is 15.6. The van der Waals surface area contributed by atoms with Crippen molar-refractivity contribution in [2.45, 2.75) is 19.3 Å². The predicted molar refractivity (Wildman–Crippen MR) is 153 cm³/mol. The molecule has 11 heteroatoms. The average Bonchev–Trinajstić information content (AvgIpc) is 3.51. The average molecular weight is 535 g/mol. The maximum Gasteiger partial charge on any atom is 0.251 e. The topological polar surface area (TPSA) is 140 Å². The first-order valence-electron chi connectivity index (χ1n) is 13.5. The zero-order valence-electron chi connectivity index (χ0n) is 22.3. The van der Waals surface area contributed by atoms with Crippen LogP contribution in [-0.4, -0.2) is 80.0 Å². The van der Waals surface area contributed by atoms with Gasteiger partial charge in [0, 0.05) is 44.0 Å². The molecule has 1 saturated heterocycles. The first kappa shape index (κ1) is 28.2. The van der Waals surface area contributed by atoms with Gasteiger partial charge in [-0.25, -0.2) is 0 Å². The van der Waals surface area contributed by atoms with Crippen LogP contribution in [0.15, 0.2) is 54.6 Å². The molecular formula is C28H38N8O3. The molecule has 11 nitrogen and oxygen atoms in total. The summed E-state index contributed by atoms with van der Waals surface area (Å²) in [6, 6.07) is 17.5. The molecule has 0 bridgehead atoms. The molecular weight excluding hydrogens is 496 g/mol. The van der Waals surface area contributed by atoms with E-state index in [9.17, 15) is 4.79 Å². The predicted octanol–water partition coefficient (Wildman–Crippen LogP) is 2.59. The molecule has 0 saturated carbocycles. The Hall–Kier alpha value is -3.80. The third kappa shape index (κ3) is 9.47. The van der Waals surface area contributed by atoms with Crippen LogP contribution in [0.3, 0.4) is 0 Å². The van der Waals surface area contributed by atoms with Crippen molar-refractivity contribution in [2.24, 2.45) is 5.73 Å². The van der Waals surface area contributed by atoms with Gasteiger partial charge in [-0.1, -0.05) is 30.3 Å². The van der Waals surface area contributed by atoms with E-state index in [0.717, 1.165) is 38.0 Å². The number of hydrogen-bond acceptors (Lipinski definition) is 10. The van der Waals surface area contributed by atoms with Gasteiger partial charge < -0.3 is 36.1 Å². The number of amides is 1. The third-order valence-electron chi connectivity index (χ3n) is 6.12. The zero-order chi connectivity index (χ0) is 27.1. The summed E-state index contributed by atoms with van der Waals surface area (Å²) in [5.74, 6) is 1.50. The molecule has 1 aliphatic heterocycles. The first-order chi connectivity index (χ1) is 19.2. The normalized spacial score (nSPS) is 12.9. The lowest BCUT2D eigenvalue weighted by Gasteiger charge is -2.17. The highest BCUT2D eigenvalue weighted by Gasteiger charge is 2.17. The van der Waals surface area contributed by atoms with Gasteiger partial charge in [0.15, 0.2) is 0 Å². The molecule has 1 aliphatic rings.